The topological polar surface area (TPSA) is 166 Å². The van der Waals surface area contributed by atoms with Crippen molar-refractivity contribution in [1.82, 2.24) is 14.1 Å². The molecule has 0 aliphatic carbocycles. The van der Waals surface area contributed by atoms with Crippen LogP contribution >= 0.6 is 0 Å². The number of hydrogen-bond acceptors (Lipinski definition) is 7. The van der Waals surface area contributed by atoms with E-state index in [4.69, 9.17) is 5.73 Å². The summed E-state index contributed by atoms with van der Waals surface area (Å²) in [4.78, 5) is 63.6. The van der Waals surface area contributed by atoms with E-state index in [-0.39, 0.29) is 42.1 Å². The van der Waals surface area contributed by atoms with Crippen LogP contribution in [-0.2, 0) is 17.9 Å². The molecule has 0 fully saturated rings. The standard InChI is InChI=1S/C19H26N6O6/c1-11(2)7-23(15(27)10-22-9-13(25(30)31)5-6-14(22)26)16-17(20)24(8-12(3)4)19(29)21-18(16)28/h5-6,9,11-12H,7-8,10,20H2,1-4H3,(H,21,28,29). The number of aromatic amines is 1. The number of rotatable bonds is 8. The maximum Gasteiger partial charge on any atom is 0.330 e. The lowest BCUT2D eigenvalue weighted by Crippen LogP contribution is -2.44. The summed E-state index contributed by atoms with van der Waals surface area (Å²) in [5, 5.41) is 11.0. The molecule has 2 aromatic rings. The van der Waals surface area contributed by atoms with Gasteiger partial charge in [-0.2, -0.15) is 0 Å². The van der Waals surface area contributed by atoms with Gasteiger partial charge in [-0.15, -0.1) is 0 Å². The lowest BCUT2D eigenvalue weighted by molar-refractivity contribution is -0.385. The van der Waals surface area contributed by atoms with Crippen LogP contribution in [0.3, 0.4) is 0 Å². The van der Waals surface area contributed by atoms with Crippen molar-refractivity contribution in [1.29, 1.82) is 0 Å². The zero-order chi connectivity index (χ0) is 23.5. The van der Waals surface area contributed by atoms with E-state index in [1.807, 2.05) is 27.7 Å². The lowest BCUT2D eigenvalue weighted by Gasteiger charge is -2.26. The molecule has 2 aromatic heterocycles. The van der Waals surface area contributed by atoms with Gasteiger partial charge in [0, 0.05) is 25.2 Å². The van der Waals surface area contributed by atoms with Crippen molar-refractivity contribution in [2.24, 2.45) is 11.8 Å². The van der Waals surface area contributed by atoms with Gasteiger partial charge in [-0.25, -0.2) is 4.79 Å². The molecule has 12 nitrogen and oxygen atoms in total. The lowest BCUT2D eigenvalue weighted by atomic mass is 10.2. The largest absolute Gasteiger partial charge is 0.383 e. The third-order valence-corrected chi connectivity index (χ3v) is 4.36. The highest BCUT2D eigenvalue weighted by molar-refractivity contribution is 5.95. The van der Waals surface area contributed by atoms with Gasteiger partial charge < -0.3 is 10.6 Å². The van der Waals surface area contributed by atoms with Crippen molar-refractivity contribution in [2.75, 3.05) is 17.2 Å². The molecule has 0 unspecified atom stereocenters. The molecule has 0 atom stereocenters. The Morgan fingerprint density at radius 1 is 1.19 bits per heavy atom. The zero-order valence-electron chi connectivity index (χ0n) is 17.8. The zero-order valence-corrected chi connectivity index (χ0v) is 17.8. The van der Waals surface area contributed by atoms with E-state index in [1.54, 1.807) is 0 Å². The second kappa shape index (κ2) is 9.41. The first kappa shape index (κ1) is 23.6. The molecular formula is C19H26N6O6. The van der Waals surface area contributed by atoms with E-state index in [1.165, 1.54) is 4.57 Å². The third-order valence-electron chi connectivity index (χ3n) is 4.36. The number of nitrogens with zero attached hydrogens (tertiary/aromatic N) is 4. The number of carbonyl (C=O) groups is 1. The molecule has 31 heavy (non-hydrogen) atoms. The Morgan fingerprint density at radius 2 is 1.84 bits per heavy atom. The van der Waals surface area contributed by atoms with E-state index in [0.717, 1.165) is 27.8 Å². The van der Waals surface area contributed by atoms with Crippen LogP contribution in [0, 0.1) is 22.0 Å². The Bertz CT molecular complexity index is 1160. The molecule has 3 N–H and O–H groups in total. The van der Waals surface area contributed by atoms with Gasteiger partial charge in [-0.3, -0.25) is 38.6 Å². The first-order chi connectivity index (χ1) is 14.4. The summed E-state index contributed by atoms with van der Waals surface area (Å²) in [5.74, 6) is -0.891. The van der Waals surface area contributed by atoms with Gasteiger partial charge >= 0.3 is 5.69 Å². The Balaban J connectivity index is 2.57. The van der Waals surface area contributed by atoms with Gasteiger partial charge in [0.2, 0.25) is 5.91 Å². The molecule has 12 heteroatoms. The molecule has 2 heterocycles. The fourth-order valence-electron chi connectivity index (χ4n) is 3.05. The van der Waals surface area contributed by atoms with Crippen LogP contribution < -0.4 is 27.4 Å². The molecular weight excluding hydrogens is 408 g/mol. The second-order valence-corrected chi connectivity index (χ2v) is 8.01. The summed E-state index contributed by atoms with van der Waals surface area (Å²) < 4.78 is 2.07. The minimum absolute atomic E-state index is 0.0384. The minimum atomic E-state index is -0.831. The van der Waals surface area contributed by atoms with Crippen molar-refractivity contribution in [2.45, 2.75) is 40.8 Å². The number of aromatic nitrogens is 3. The van der Waals surface area contributed by atoms with Crippen LogP contribution in [0.15, 0.2) is 32.7 Å². The fourth-order valence-corrected chi connectivity index (χ4v) is 3.05. The number of pyridine rings is 1. The van der Waals surface area contributed by atoms with Crippen molar-refractivity contribution >= 4 is 23.1 Å². The second-order valence-electron chi connectivity index (χ2n) is 8.01. The number of nitro groups is 1. The molecule has 0 aromatic carbocycles. The van der Waals surface area contributed by atoms with E-state index in [2.05, 4.69) is 4.98 Å². The maximum absolute atomic E-state index is 13.1. The van der Waals surface area contributed by atoms with Crippen LogP contribution in [0.4, 0.5) is 17.2 Å². The predicted octanol–water partition coefficient (Wildman–Crippen LogP) is 0.534. The monoisotopic (exact) mass is 434 g/mol. The summed E-state index contributed by atoms with van der Waals surface area (Å²) in [5.41, 5.74) is 3.44. The average molecular weight is 434 g/mol. The molecule has 1 amide bonds. The number of nitrogens with two attached hydrogens (primary N) is 1. The minimum Gasteiger partial charge on any atom is -0.383 e. The van der Waals surface area contributed by atoms with Crippen LogP contribution in [-0.4, -0.2) is 31.5 Å². The van der Waals surface area contributed by atoms with Crippen LogP contribution in [0.25, 0.3) is 0 Å². The normalized spacial score (nSPS) is 11.2. The van der Waals surface area contributed by atoms with Crippen LogP contribution in [0.5, 0.6) is 0 Å². The van der Waals surface area contributed by atoms with Gasteiger partial charge in [-0.1, -0.05) is 27.7 Å². The summed E-state index contributed by atoms with van der Waals surface area (Å²) >= 11 is 0. The van der Waals surface area contributed by atoms with Crippen molar-refractivity contribution in [3.8, 4) is 0 Å². The number of H-pyrrole nitrogens is 1. The predicted molar refractivity (Wildman–Crippen MR) is 115 cm³/mol. The Kier molecular flexibility index (Phi) is 7.16. The van der Waals surface area contributed by atoms with Gasteiger partial charge in [0.05, 0.1) is 11.1 Å². The third kappa shape index (κ3) is 5.47. The summed E-state index contributed by atoms with van der Waals surface area (Å²) in [6, 6.07) is 2.03. The molecule has 0 aliphatic rings. The summed E-state index contributed by atoms with van der Waals surface area (Å²) in [7, 11) is 0. The SMILES string of the molecule is CC(C)CN(C(=O)Cn1cc([N+](=O)[O-])ccc1=O)c1c(N)n(CC(C)C)c(=O)[nH]c1=O. The Morgan fingerprint density at radius 3 is 2.39 bits per heavy atom. The average Bonchev–Trinajstić information content (AvgIpc) is 2.65. The molecule has 0 saturated carbocycles. The first-order valence-corrected chi connectivity index (χ1v) is 9.70. The number of nitrogens with one attached hydrogen (secondary N) is 1. The van der Waals surface area contributed by atoms with Crippen LogP contribution in [0.1, 0.15) is 27.7 Å². The van der Waals surface area contributed by atoms with Gasteiger partial charge in [0.15, 0.2) is 5.69 Å². The molecule has 0 bridgehead atoms. The summed E-state index contributed by atoms with van der Waals surface area (Å²) in [6.07, 6.45) is 0.959. The van der Waals surface area contributed by atoms with Gasteiger partial charge in [0.1, 0.15) is 12.4 Å². The number of carbonyl (C=O) groups excluding carboxylic acids is 1. The van der Waals surface area contributed by atoms with E-state index >= 15 is 0 Å². The highest BCUT2D eigenvalue weighted by Gasteiger charge is 2.26. The first-order valence-electron chi connectivity index (χ1n) is 9.70. The molecule has 2 rings (SSSR count). The number of anilines is 2. The van der Waals surface area contributed by atoms with Crippen molar-refractivity contribution < 1.29 is 9.72 Å². The number of hydrogen-bond donors (Lipinski definition) is 2. The highest BCUT2D eigenvalue weighted by Crippen LogP contribution is 2.20. The van der Waals surface area contributed by atoms with E-state index in [0.29, 0.717) is 0 Å². The quantitative estimate of drug-likeness (QED) is 0.451. The Hall–Kier alpha value is -3.70. The highest BCUT2D eigenvalue weighted by atomic mass is 16.6. The Labute approximate surface area is 177 Å². The van der Waals surface area contributed by atoms with Crippen LogP contribution in [0.2, 0.25) is 0 Å². The maximum atomic E-state index is 13.1. The van der Waals surface area contributed by atoms with Gasteiger partial charge in [-0.05, 0) is 11.8 Å². The van der Waals surface area contributed by atoms with E-state index < -0.39 is 34.2 Å². The molecule has 0 radical (unpaired) electrons. The number of amides is 1. The van der Waals surface area contributed by atoms with E-state index in [9.17, 15) is 29.3 Å². The number of nitrogen functional groups attached to an aromatic ring is 1. The van der Waals surface area contributed by atoms with Gasteiger partial charge in [0.25, 0.3) is 16.8 Å². The molecule has 0 saturated heterocycles. The van der Waals surface area contributed by atoms with Crippen molar-refractivity contribution in [3.05, 3.63) is 59.6 Å². The fraction of sp³-hybridized carbons (Fsp3) is 0.474. The molecule has 0 spiro atoms. The summed E-state index contributed by atoms with van der Waals surface area (Å²) in [6.45, 7) is 7.11. The van der Waals surface area contributed by atoms with Crippen molar-refractivity contribution in [3.63, 3.8) is 0 Å². The molecule has 168 valence electrons. The molecule has 0 aliphatic heterocycles. The smallest absolute Gasteiger partial charge is 0.330 e.